The van der Waals surface area contributed by atoms with Gasteiger partial charge in [0.05, 0.1) is 11.1 Å². The molecule has 1 saturated carbocycles. The molecule has 1 fully saturated rings. The van der Waals surface area contributed by atoms with Gasteiger partial charge in [-0.2, -0.15) is 0 Å². The molecule has 4 nitrogen and oxygen atoms in total. The molecule has 0 bridgehead atoms. The van der Waals surface area contributed by atoms with E-state index in [-0.39, 0.29) is 12.5 Å². The third kappa shape index (κ3) is 3.80. The number of nitrogens with zero attached hydrogens (tertiary/aromatic N) is 1. The SMILES string of the molecule is O=C(NCCC1CCC1)c1ccncc1C#CCO. The summed E-state index contributed by atoms with van der Waals surface area (Å²) >= 11 is 0. The number of aliphatic hydroxyl groups excluding tert-OH is 1. The van der Waals surface area contributed by atoms with Gasteiger partial charge in [0.2, 0.25) is 0 Å². The molecule has 1 aromatic rings. The van der Waals surface area contributed by atoms with Gasteiger partial charge in [-0.3, -0.25) is 9.78 Å². The summed E-state index contributed by atoms with van der Waals surface area (Å²) in [6.45, 7) is 0.482. The van der Waals surface area contributed by atoms with Crippen molar-refractivity contribution < 1.29 is 9.90 Å². The smallest absolute Gasteiger partial charge is 0.252 e. The van der Waals surface area contributed by atoms with Crippen LogP contribution in [0, 0.1) is 17.8 Å². The highest BCUT2D eigenvalue weighted by Crippen LogP contribution is 2.28. The second-order valence-electron chi connectivity index (χ2n) is 4.72. The topological polar surface area (TPSA) is 62.2 Å². The number of aliphatic hydroxyl groups is 1. The maximum atomic E-state index is 12.0. The van der Waals surface area contributed by atoms with Crippen molar-refractivity contribution in [1.82, 2.24) is 10.3 Å². The van der Waals surface area contributed by atoms with E-state index in [1.54, 1.807) is 18.5 Å². The molecular formula is C15H18N2O2. The van der Waals surface area contributed by atoms with E-state index < -0.39 is 0 Å². The number of carbonyl (C=O) groups is 1. The predicted molar refractivity (Wildman–Crippen MR) is 72.5 cm³/mol. The molecule has 1 heterocycles. The van der Waals surface area contributed by atoms with E-state index in [0.29, 0.717) is 17.7 Å². The van der Waals surface area contributed by atoms with Crippen LogP contribution in [0.2, 0.25) is 0 Å². The van der Waals surface area contributed by atoms with Crippen LogP contribution in [0.4, 0.5) is 0 Å². The van der Waals surface area contributed by atoms with E-state index >= 15 is 0 Å². The highest BCUT2D eigenvalue weighted by atomic mass is 16.2. The zero-order valence-corrected chi connectivity index (χ0v) is 10.9. The van der Waals surface area contributed by atoms with Gasteiger partial charge in [-0.1, -0.05) is 31.1 Å². The fraction of sp³-hybridized carbons (Fsp3) is 0.467. The van der Waals surface area contributed by atoms with Crippen molar-refractivity contribution in [2.45, 2.75) is 25.7 Å². The Bertz CT molecular complexity index is 498. The summed E-state index contributed by atoms with van der Waals surface area (Å²) in [5.41, 5.74) is 1.07. The van der Waals surface area contributed by atoms with Gasteiger partial charge in [-0.25, -0.2) is 0 Å². The number of pyridine rings is 1. The molecule has 1 aliphatic carbocycles. The fourth-order valence-corrected chi connectivity index (χ4v) is 2.09. The first-order valence-electron chi connectivity index (χ1n) is 6.63. The summed E-state index contributed by atoms with van der Waals surface area (Å²) in [4.78, 5) is 16.0. The molecule has 2 rings (SSSR count). The van der Waals surface area contributed by atoms with Crippen LogP contribution in [0.5, 0.6) is 0 Å². The van der Waals surface area contributed by atoms with Crippen LogP contribution in [0.25, 0.3) is 0 Å². The van der Waals surface area contributed by atoms with Crippen LogP contribution < -0.4 is 5.32 Å². The van der Waals surface area contributed by atoms with Crippen LogP contribution in [0.15, 0.2) is 18.5 Å². The minimum absolute atomic E-state index is 0.121. The predicted octanol–water partition coefficient (Wildman–Crippen LogP) is 1.35. The summed E-state index contributed by atoms with van der Waals surface area (Å²) < 4.78 is 0. The van der Waals surface area contributed by atoms with Crippen LogP contribution in [0.3, 0.4) is 0 Å². The van der Waals surface area contributed by atoms with Gasteiger partial charge < -0.3 is 10.4 Å². The molecule has 0 aliphatic heterocycles. The van der Waals surface area contributed by atoms with Gasteiger partial charge in [0.15, 0.2) is 0 Å². The monoisotopic (exact) mass is 258 g/mol. The van der Waals surface area contributed by atoms with Gasteiger partial charge in [0, 0.05) is 18.9 Å². The maximum Gasteiger partial charge on any atom is 0.252 e. The van der Waals surface area contributed by atoms with Crippen molar-refractivity contribution in [3.63, 3.8) is 0 Å². The maximum absolute atomic E-state index is 12.0. The normalized spacial score (nSPS) is 14.2. The first kappa shape index (κ1) is 13.6. The lowest BCUT2D eigenvalue weighted by Gasteiger charge is -2.25. The van der Waals surface area contributed by atoms with Crippen LogP contribution in [-0.2, 0) is 0 Å². The second kappa shape index (κ2) is 6.91. The summed E-state index contributed by atoms with van der Waals surface area (Å²) in [6.07, 6.45) is 8.07. The molecular weight excluding hydrogens is 240 g/mol. The molecule has 0 aromatic carbocycles. The van der Waals surface area contributed by atoms with E-state index in [0.717, 1.165) is 12.3 Å². The first-order chi connectivity index (χ1) is 9.31. The Kier molecular flexibility index (Phi) is 4.93. The quantitative estimate of drug-likeness (QED) is 0.801. The standard InChI is InChI=1S/C15H18N2O2/c18-10-2-5-13-11-16-8-7-14(13)15(19)17-9-6-12-3-1-4-12/h7-8,11-12,18H,1,3-4,6,9-10H2,(H,17,19). The summed E-state index contributed by atoms with van der Waals surface area (Å²) in [6, 6.07) is 1.65. The van der Waals surface area contributed by atoms with Gasteiger partial charge in [-0.05, 0) is 18.4 Å². The number of carbonyl (C=O) groups excluding carboxylic acids is 1. The van der Waals surface area contributed by atoms with Crippen molar-refractivity contribution in [3.8, 4) is 11.8 Å². The Balaban J connectivity index is 1.93. The number of aromatic nitrogens is 1. The lowest BCUT2D eigenvalue weighted by Crippen LogP contribution is -2.28. The number of hydrogen-bond acceptors (Lipinski definition) is 3. The van der Waals surface area contributed by atoms with Crippen molar-refractivity contribution in [1.29, 1.82) is 0 Å². The molecule has 1 aromatic heterocycles. The fourth-order valence-electron chi connectivity index (χ4n) is 2.09. The van der Waals surface area contributed by atoms with Crippen LogP contribution in [-0.4, -0.2) is 29.1 Å². The zero-order valence-electron chi connectivity index (χ0n) is 10.9. The zero-order chi connectivity index (χ0) is 13.5. The average molecular weight is 258 g/mol. The lowest BCUT2D eigenvalue weighted by molar-refractivity contribution is 0.0948. The van der Waals surface area contributed by atoms with E-state index in [9.17, 15) is 4.79 Å². The molecule has 0 radical (unpaired) electrons. The van der Waals surface area contributed by atoms with Gasteiger partial charge in [0.1, 0.15) is 6.61 Å². The summed E-state index contributed by atoms with van der Waals surface area (Å²) in [7, 11) is 0. The van der Waals surface area contributed by atoms with Crippen molar-refractivity contribution in [2.75, 3.05) is 13.2 Å². The number of hydrogen-bond donors (Lipinski definition) is 2. The molecule has 0 atom stereocenters. The Hall–Kier alpha value is -1.86. The van der Waals surface area contributed by atoms with Gasteiger partial charge in [0.25, 0.3) is 5.91 Å². The third-order valence-electron chi connectivity index (χ3n) is 3.43. The molecule has 0 spiro atoms. The van der Waals surface area contributed by atoms with Crippen molar-refractivity contribution >= 4 is 5.91 Å². The number of amides is 1. The first-order valence-corrected chi connectivity index (χ1v) is 6.63. The van der Waals surface area contributed by atoms with Crippen LogP contribution >= 0.6 is 0 Å². The molecule has 100 valence electrons. The van der Waals surface area contributed by atoms with E-state index in [1.165, 1.54) is 19.3 Å². The van der Waals surface area contributed by atoms with E-state index in [2.05, 4.69) is 22.1 Å². The summed E-state index contributed by atoms with van der Waals surface area (Å²) in [5.74, 6) is 5.94. The Labute approximate surface area is 113 Å². The van der Waals surface area contributed by atoms with Crippen molar-refractivity contribution in [2.24, 2.45) is 5.92 Å². The minimum atomic E-state index is -0.225. The highest BCUT2D eigenvalue weighted by molar-refractivity contribution is 5.96. The molecule has 1 aliphatic rings. The number of rotatable bonds is 4. The second-order valence-corrected chi connectivity index (χ2v) is 4.72. The Morgan fingerprint density at radius 3 is 3.05 bits per heavy atom. The molecule has 19 heavy (non-hydrogen) atoms. The average Bonchev–Trinajstić information content (AvgIpc) is 2.39. The Morgan fingerprint density at radius 1 is 1.53 bits per heavy atom. The van der Waals surface area contributed by atoms with E-state index in [1.807, 2.05) is 0 Å². The van der Waals surface area contributed by atoms with E-state index in [4.69, 9.17) is 5.11 Å². The lowest BCUT2D eigenvalue weighted by atomic mass is 9.83. The molecule has 2 N–H and O–H groups in total. The van der Waals surface area contributed by atoms with Crippen molar-refractivity contribution in [3.05, 3.63) is 29.6 Å². The van der Waals surface area contributed by atoms with Gasteiger partial charge in [-0.15, -0.1) is 0 Å². The summed E-state index contributed by atoms with van der Waals surface area (Å²) in [5, 5.41) is 11.6. The molecule has 0 unspecified atom stereocenters. The molecule has 1 amide bonds. The van der Waals surface area contributed by atoms with Crippen LogP contribution in [0.1, 0.15) is 41.6 Å². The minimum Gasteiger partial charge on any atom is -0.384 e. The third-order valence-corrected chi connectivity index (χ3v) is 3.43. The van der Waals surface area contributed by atoms with Gasteiger partial charge >= 0.3 is 0 Å². The molecule has 4 heteroatoms. The Morgan fingerprint density at radius 2 is 2.37 bits per heavy atom. The number of nitrogens with one attached hydrogen (secondary N) is 1. The largest absolute Gasteiger partial charge is 0.384 e. The molecule has 0 saturated heterocycles. The highest BCUT2D eigenvalue weighted by Gasteiger charge is 2.17.